The second kappa shape index (κ2) is 6.47. The maximum absolute atomic E-state index is 12.1. The molecule has 0 aromatic heterocycles. The zero-order valence-electron chi connectivity index (χ0n) is 12.1. The molecule has 1 aromatic rings. The molecule has 2 rings (SSSR count). The first-order chi connectivity index (χ1) is 10.0. The molecule has 0 saturated heterocycles. The Bertz CT molecular complexity index is 539. The van der Waals surface area contributed by atoms with E-state index in [9.17, 15) is 9.59 Å². The first kappa shape index (κ1) is 15.2. The van der Waals surface area contributed by atoms with Crippen LogP contribution in [0.25, 0.3) is 0 Å². The lowest BCUT2D eigenvalue weighted by atomic mass is 10.1. The van der Waals surface area contributed by atoms with Crippen molar-refractivity contribution in [3.05, 3.63) is 23.8 Å². The molecule has 1 atom stereocenters. The van der Waals surface area contributed by atoms with Crippen molar-refractivity contribution < 1.29 is 24.2 Å². The van der Waals surface area contributed by atoms with Gasteiger partial charge in [-0.25, -0.2) is 0 Å². The highest BCUT2D eigenvalue weighted by Crippen LogP contribution is 2.31. The highest BCUT2D eigenvalue weighted by molar-refractivity contribution is 5.99. The molecule has 1 fully saturated rings. The molecular formula is C15H19NO5. The number of amides is 1. The van der Waals surface area contributed by atoms with Crippen LogP contribution in [0.3, 0.4) is 0 Å². The van der Waals surface area contributed by atoms with Crippen LogP contribution in [0.5, 0.6) is 11.5 Å². The topological polar surface area (TPSA) is 84.9 Å². The van der Waals surface area contributed by atoms with Crippen molar-refractivity contribution in [1.29, 1.82) is 0 Å². The highest BCUT2D eigenvalue weighted by atomic mass is 16.5. The summed E-state index contributed by atoms with van der Waals surface area (Å²) >= 11 is 0. The zero-order chi connectivity index (χ0) is 15.4. The summed E-state index contributed by atoms with van der Waals surface area (Å²) in [6, 6.07) is 3.90. The Morgan fingerprint density at radius 3 is 2.71 bits per heavy atom. The van der Waals surface area contributed by atoms with Crippen LogP contribution in [0, 0.1) is 5.92 Å². The minimum Gasteiger partial charge on any atom is -0.497 e. The Hall–Kier alpha value is -2.24. The third-order valence-electron chi connectivity index (χ3n) is 3.32. The Kier molecular flexibility index (Phi) is 4.67. The highest BCUT2D eigenvalue weighted by Gasteiger charge is 2.24. The SMILES string of the molecule is COc1ccc(C(=O)NC(C)C(=O)O)c(OCC2CC2)c1. The molecule has 1 amide bonds. The molecule has 0 heterocycles. The van der Waals surface area contributed by atoms with Crippen molar-refractivity contribution >= 4 is 11.9 Å². The van der Waals surface area contributed by atoms with Gasteiger partial charge >= 0.3 is 5.97 Å². The van der Waals surface area contributed by atoms with Gasteiger partial charge in [0.05, 0.1) is 19.3 Å². The van der Waals surface area contributed by atoms with Crippen molar-refractivity contribution in [2.45, 2.75) is 25.8 Å². The number of nitrogens with one attached hydrogen (secondary N) is 1. The molecule has 0 bridgehead atoms. The van der Waals surface area contributed by atoms with Gasteiger partial charge in [-0.2, -0.15) is 0 Å². The van der Waals surface area contributed by atoms with Gasteiger partial charge in [0.15, 0.2) is 0 Å². The number of aliphatic carboxylic acids is 1. The van der Waals surface area contributed by atoms with E-state index in [-0.39, 0.29) is 0 Å². The molecule has 114 valence electrons. The quantitative estimate of drug-likeness (QED) is 0.799. The van der Waals surface area contributed by atoms with Gasteiger partial charge in [0.2, 0.25) is 0 Å². The van der Waals surface area contributed by atoms with Crippen LogP contribution in [-0.2, 0) is 4.79 Å². The van der Waals surface area contributed by atoms with Gasteiger partial charge in [0, 0.05) is 6.07 Å². The average molecular weight is 293 g/mol. The van der Waals surface area contributed by atoms with Gasteiger partial charge in [-0.3, -0.25) is 9.59 Å². The molecule has 1 aliphatic carbocycles. The average Bonchev–Trinajstić information content (AvgIpc) is 3.28. The number of methoxy groups -OCH3 is 1. The van der Waals surface area contributed by atoms with Crippen LogP contribution in [0.1, 0.15) is 30.1 Å². The maximum atomic E-state index is 12.1. The molecule has 6 nitrogen and oxygen atoms in total. The van der Waals surface area contributed by atoms with E-state index >= 15 is 0 Å². The fourth-order valence-corrected chi connectivity index (χ4v) is 1.76. The van der Waals surface area contributed by atoms with Gasteiger partial charge in [-0.15, -0.1) is 0 Å². The van der Waals surface area contributed by atoms with E-state index in [4.69, 9.17) is 14.6 Å². The Morgan fingerprint density at radius 2 is 2.14 bits per heavy atom. The smallest absolute Gasteiger partial charge is 0.325 e. The summed E-state index contributed by atoms with van der Waals surface area (Å²) in [6.07, 6.45) is 2.28. The van der Waals surface area contributed by atoms with Gasteiger partial charge < -0.3 is 19.9 Å². The number of hydrogen-bond acceptors (Lipinski definition) is 4. The van der Waals surface area contributed by atoms with Crippen LogP contribution in [0.2, 0.25) is 0 Å². The largest absolute Gasteiger partial charge is 0.497 e. The van der Waals surface area contributed by atoms with Gasteiger partial charge in [-0.05, 0) is 37.8 Å². The third-order valence-corrected chi connectivity index (χ3v) is 3.32. The van der Waals surface area contributed by atoms with E-state index in [0.717, 1.165) is 12.8 Å². The van der Waals surface area contributed by atoms with Crippen LogP contribution in [0.4, 0.5) is 0 Å². The second-order valence-corrected chi connectivity index (χ2v) is 5.15. The van der Waals surface area contributed by atoms with Crippen LogP contribution in [0.15, 0.2) is 18.2 Å². The van der Waals surface area contributed by atoms with Gasteiger partial charge in [0.25, 0.3) is 5.91 Å². The summed E-state index contributed by atoms with van der Waals surface area (Å²) in [5.74, 6) is -0.0133. The molecule has 1 aromatic carbocycles. The normalized spacial score (nSPS) is 15.1. The van der Waals surface area contributed by atoms with Crippen LogP contribution >= 0.6 is 0 Å². The predicted octanol–water partition coefficient (Wildman–Crippen LogP) is 1.69. The summed E-state index contributed by atoms with van der Waals surface area (Å²) in [5.41, 5.74) is 0.310. The van der Waals surface area contributed by atoms with E-state index in [1.165, 1.54) is 14.0 Å². The Morgan fingerprint density at radius 1 is 1.43 bits per heavy atom. The number of carboxylic acids is 1. The summed E-state index contributed by atoms with van der Waals surface area (Å²) in [4.78, 5) is 23.0. The third kappa shape index (κ3) is 4.11. The van der Waals surface area contributed by atoms with E-state index in [1.54, 1.807) is 18.2 Å². The number of benzene rings is 1. The van der Waals surface area contributed by atoms with Crippen molar-refractivity contribution in [1.82, 2.24) is 5.32 Å². The van der Waals surface area contributed by atoms with Crippen molar-refractivity contribution in [3.8, 4) is 11.5 Å². The van der Waals surface area contributed by atoms with Crippen molar-refractivity contribution in [2.24, 2.45) is 5.92 Å². The van der Waals surface area contributed by atoms with E-state index < -0.39 is 17.9 Å². The molecule has 1 saturated carbocycles. The number of carbonyl (C=O) groups is 2. The van der Waals surface area contributed by atoms with Crippen LogP contribution < -0.4 is 14.8 Å². The lowest BCUT2D eigenvalue weighted by molar-refractivity contribution is -0.138. The number of ether oxygens (including phenoxy) is 2. The molecule has 1 aliphatic rings. The predicted molar refractivity (Wildman–Crippen MR) is 75.8 cm³/mol. The summed E-state index contributed by atoms with van der Waals surface area (Å²) in [7, 11) is 1.53. The fourth-order valence-electron chi connectivity index (χ4n) is 1.76. The first-order valence-electron chi connectivity index (χ1n) is 6.85. The van der Waals surface area contributed by atoms with Gasteiger partial charge in [0.1, 0.15) is 17.5 Å². The minimum atomic E-state index is -1.09. The molecule has 6 heteroatoms. The number of carbonyl (C=O) groups excluding carboxylic acids is 1. The lowest BCUT2D eigenvalue weighted by Gasteiger charge is -2.14. The molecule has 2 N–H and O–H groups in total. The van der Waals surface area contributed by atoms with Crippen molar-refractivity contribution in [2.75, 3.05) is 13.7 Å². The lowest BCUT2D eigenvalue weighted by Crippen LogP contribution is -2.38. The molecule has 0 spiro atoms. The van der Waals surface area contributed by atoms with Gasteiger partial charge in [-0.1, -0.05) is 0 Å². The number of carboxylic acid groups (broad SMARTS) is 1. The molecule has 0 aliphatic heterocycles. The van der Waals surface area contributed by atoms with Crippen molar-refractivity contribution in [3.63, 3.8) is 0 Å². The summed E-state index contributed by atoms with van der Waals surface area (Å²) in [5, 5.41) is 11.3. The minimum absolute atomic E-state index is 0.310. The van der Waals surface area contributed by atoms with E-state index in [2.05, 4.69) is 5.32 Å². The Balaban J connectivity index is 2.14. The number of hydrogen-bond donors (Lipinski definition) is 2. The standard InChI is InChI=1S/C15H19NO5/c1-9(15(18)19)16-14(17)12-6-5-11(20-2)7-13(12)21-8-10-3-4-10/h5-7,9-10H,3-4,8H2,1-2H3,(H,16,17)(H,18,19). The van der Waals surface area contributed by atoms with Crippen LogP contribution in [-0.4, -0.2) is 36.7 Å². The molecule has 21 heavy (non-hydrogen) atoms. The first-order valence-corrected chi connectivity index (χ1v) is 6.85. The maximum Gasteiger partial charge on any atom is 0.325 e. The summed E-state index contributed by atoms with van der Waals surface area (Å²) in [6.45, 7) is 1.97. The zero-order valence-corrected chi connectivity index (χ0v) is 12.1. The number of rotatable bonds is 7. The van der Waals surface area contributed by atoms with E-state index in [1.807, 2.05) is 0 Å². The molecule has 1 unspecified atom stereocenters. The summed E-state index contributed by atoms with van der Waals surface area (Å²) < 4.78 is 10.8. The fraction of sp³-hybridized carbons (Fsp3) is 0.467. The monoisotopic (exact) mass is 293 g/mol. The molecule has 0 radical (unpaired) electrons. The van der Waals surface area contributed by atoms with E-state index in [0.29, 0.717) is 29.6 Å². The Labute approximate surface area is 123 Å². The second-order valence-electron chi connectivity index (χ2n) is 5.15. The molecular weight excluding hydrogens is 274 g/mol.